The van der Waals surface area contributed by atoms with E-state index in [0.717, 1.165) is 0 Å². The number of carbonyl (C=O) groups is 3. The molecule has 10 nitrogen and oxygen atoms in total. The van der Waals surface area contributed by atoms with Crippen molar-refractivity contribution in [3.05, 3.63) is 64.2 Å². The highest BCUT2D eigenvalue weighted by molar-refractivity contribution is 5.97. The van der Waals surface area contributed by atoms with Crippen LogP contribution in [0.5, 0.6) is 5.75 Å². The van der Waals surface area contributed by atoms with E-state index < -0.39 is 22.8 Å². The van der Waals surface area contributed by atoms with Crippen LogP contribution in [0.1, 0.15) is 31.1 Å². The van der Waals surface area contributed by atoms with Gasteiger partial charge in [-0.1, -0.05) is 26.0 Å². The molecule has 0 saturated carbocycles. The zero-order valence-corrected chi connectivity index (χ0v) is 16.7. The number of nitrogens with zero attached hydrogens (tertiary/aromatic N) is 1. The van der Waals surface area contributed by atoms with Gasteiger partial charge in [-0.25, -0.2) is 0 Å². The molecule has 30 heavy (non-hydrogen) atoms. The van der Waals surface area contributed by atoms with E-state index in [0.29, 0.717) is 5.69 Å². The smallest absolute Gasteiger partial charge is 0.310 e. The first kappa shape index (κ1) is 22.3. The van der Waals surface area contributed by atoms with Gasteiger partial charge >= 0.3 is 5.69 Å². The maximum absolute atomic E-state index is 12.2. The molecule has 0 aliphatic heterocycles. The molecule has 1 unspecified atom stereocenters. The van der Waals surface area contributed by atoms with Gasteiger partial charge in [0.05, 0.1) is 4.92 Å². The first-order valence-electron chi connectivity index (χ1n) is 9.10. The van der Waals surface area contributed by atoms with Gasteiger partial charge in [-0.05, 0) is 37.3 Å². The molecule has 0 aliphatic rings. The third-order valence-electron chi connectivity index (χ3n) is 3.97. The van der Waals surface area contributed by atoms with E-state index in [4.69, 9.17) is 4.74 Å². The SMILES string of the molecule is CC(C)C(=O)Nc1ccc(C(=O)NNC(=O)C(C)Oc2ccccc2[N+](=O)[O-])cc1. The van der Waals surface area contributed by atoms with Gasteiger partial charge in [0.2, 0.25) is 5.91 Å². The Balaban J connectivity index is 1.90. The summed E-state index contributed by atoms with van der Waals surface area (Å²) in [4.78, 5) is 46.4. The first-order valence-corrected chi connectivity index (χ1v) is 9.10. The molecule has 10 heteroatoms. The number of hydrogen-bond donors (Lipinski definition) is 3. The van der Waals surface area contributed by atoms with Crippen molar-refractivity contribution in [2.24, 2.45) is 5.92 Å². The molecule has 0 aliphatic carbocycles. The van der Waals surface area contributed by atoms with Crippen LogP contribution in [0.4, 0.5) is 11.4 Å². The predicted octanol–water partition coefficient (Wildman–Crippen LogP) is 2.42. The summed E-state index contributed by atoms with van der Waals surface area (Å²) in [5.74, 6) is -1.65. The summed E-state index contributed by atoms with van der Waals surface area (Å²) in [6.07, 6.45) is -1.10. The van der Waals surface area contributed by atoms with Crippen molar-refractivity contribution in [1.29, 1.82) is 0 Å². The molecular formula is C20H22N4O6. The second kappa shape index (κ2) is 10.0. The largest absolute Gasteiger partial charge is 0.474 e. The fourth-order valence-corrected chi connectivity index (χ4v) is 2.24. The van der Waals surface area contributed by atoms with Crippen molar-refractivity contribution in [2.75, 3.05) is 5.32 Å². The zero-order chi connectivity index (χ0) is 22.3. The van der Waals surface area contributed by atoms with E-state index in [-0.39, 0.29) is 28.8 Å². The highest BCUT2D eigenvalue weighted by Crippen LogP contribution is 2.26. The van der Waals surface area contributed by atoms with Crippen LogP contribution in [0.3, 0.4) is 0 Å². The Morgan fingerprint density at radius 3 is 2.17 bits per heavy atom. The molecule has 0 fully saturated rings. The third kappa shape index (κ3) is 6.03. The number of benzene rings is 2. The zero-order valence-electron chi connectivity index (χ0n) is 16.7. The van der Waals surface area contributed by atoms with Crippen LogP contribution in [-0.4, -0.2) is 28.7 Å². The predicted molar refractivity (Wildman–Crippen MR) is 109 cm³/mol. The molecule has 0 spiro atoms. The lowest BCUT2D eigenvalue weighted by Crippen LogP contribution is -2.47. The fourth-order valence-electron chi connectivity index (χ4n) is 2.24. The van der Waals surface area contributed by atoms with Gasteiger partial charge < -0.3 is 10.1 Å². The number of nitro groups is 1. The number of ether oxygens (including phenoxy) is 1. The van der Waals surface area contributed by atoms with Crippen LogP contribution in [0.15, 0.2) is 48.5 Å². The molecule has 0 aromatic heterocycles. The fraction of sp³-hybridized carbons (Fsp3) is 0.250. The van der Waals surface area contributed by atoms with E-state index in [9.17, 15) is 24.5 Å². The number of carbonyl (C=O) groups excluding carboxylic acids is 3. The second-order valence-electron chi connectivity index (χ2n) is 6.65. The number of hydrazine groups is 1. The Hall–Kier alpha value is -3.95. The topological polar surface area (TPSA) is 140 Å². The number of hydrogen-bond acceptors (Lipinski definition) is 6. The van der Waals surface area contributed by atoms with Gasteiger partial charge in [0.1, 0.15) is 0 Å². The van der Waals surface area contributed by atoms with Gasteiger partial charge in [-0.3, -0.25) is 35.3 Å². The number of nitrogens with one attached hydrogen (secondary N) is 3. The van der Waals surface area contributed by atoms with Crippen LogP contribution in [0, 0.1) is 16.0 Å². The van der Waals surface area contributed by atoms with Crippen molar-refractivity contribution in [3.63, 3.8) is 0 Å². The number of anilines is 1. The lowest BCUT2D eigenvalue weighted by molar-refractivity contribution is -0.386. The van der Waals surface area contributed by atoms with E-state index in [1.54, 1.807) is 32.0 Å². The Kier molecular flexibility index (Phi) is 7.45. The van der Waals surface area contributed by atoms with E-state index in [1.165, 1.54) is 37.3 Å². The van der Waals surface area contributed by atoms with E-state index in [1.807, 2.05) is 0 Å². The Labute approximate surface area is 172 Å². The van der Waals surface area contributed by atoms with Crippen LogP contribution in [-0.2, 0) is 9.59 Å². The Bertz CT molecular complexity index is 943. The van der Waals surface area contributed by atoms with Crippen LogP contribution >= 0.6 is 0 Å². The molecule has 158 valence electrons. The van der Waals surface area contributed by atoms with Gasteiger partial charge in [0, 0.05) is 23.2 Å². The van der Waals surface area contributed by atoms with Gasteiger partial charge in [-0.15, -0.1) is 0 Å². The average Bonchev–Trinajstić information content (AvgIpc) is 2.72. The van der Waals surface area contributed by atoms with Crippen molar-refractivity contribution >= 4 is 29.1 Å². The Morgan fingerprint density at radius 2 is 1.57 bits per heavy atom. The molecule has 2 rings (SSSR count). The number of amides is 3. The molecule has 0 radical (unpaired) electrons. The lowest BCUT2D eigenvalue weighted by atomic mass is 10.1. The highest BCUT2D eigenvalue weighted by atomic mass is 16.6. The van der Waals surface area contributed by atoms with Crippen molar-refractivity contribution < 1.29 is 24.0 Å². The van der Waals surface area contributed by atoms with Crippen molar-refractivity contribution in [1.82, 2.24) is 10.9 Å². The molecule has 0 saturated heterocycles. The summed E-state index contributed by atoms with van der Waals surface area (Å²) in [6, 6.07) is 11.8. The lowest BCUT2D eigenvalue weighted by Gasteiger charge is -2.15. The number of para-hydroxylation sites is 2. The summed E-state index contributed by atoms with van der Waals surface area (Å²) in [5, 5.41) is 13.7. The minimum Gasteiger partial charge on any atom is -0.474 e. The van der Waals surface area contributed by atoms with Crippen LogP contribution in [0.25, 0.3) is 0 Å². The first-order chi connectivity index (χ1) is 14.2. The summed E-state index contributed by atoms with van der Waals surface area (Å²) in [5.41, 5.74) is 4.97. The molecule has 0 heterocycles. The maximum Gasteiger partial charge on any atom is 0.310 e. The molecular weight excluding hydrogens is 392 g/mol. The monoisotopic (exact) mass is 414 g/mol. The van der Waals surface area contributed by atoms with Crippen LogP contribution < -0.4 is 20.9 Å². The van der Waals surface area contributed by atoms with Gasteiger partial charge in [0.15, 0.2) is 11.9 Å². The number of nitro benzene ring substituents is 1. The standard InChI is InChI=1S/C20H22N4O6/c1-12(2)18(25)21-15-10-8-14(9-11-15)20(27)23-22-19(26)13(3)30-17-7-5-4-6-16(17)24(28)29/h4-13H,1-3H3,(H,21,25)(H,22,26)(H,23,27). The molecule has 0 bridgehead atoms. The Morgan fingerprint density at radius 1 is 0.933 bits per heavy atom. The molecule has 3 N–H and O–H groups in total. The van der Waals surface area contributed by atoms with E-state index >= 15 is 0 Å². The third-order valence-corrected chi connectivity index (χ3v) is 3.97. The molecule has 3 amide bonds. The molecule has 2 aromatic carbocycles. The van der Waals surface area contributed by atoms with Gasteiger partial charge in [0.25, 0.3) is 11.8 Å². The molecule has 2 aromatic rings. The van der Waals surface area contributed by atoms with Crippen molar-refractivity contribution in [3.8, 4) is 5.75 Å². The minimum absolute atomic E-state index is 0.0597. The summed E-state index contributed by atoms with van der Waals surface area (Å²) in [6.45, 7) is 4.92. The van der Waals surface area contributed by atoms with Crippen LogP contribution in [0.2, 0.25) is 0 Å². The van der Waals surface area contributed by atoms with Crippen molar-refractivity contribution in [2.45, 2.75) is 26.9 Å². The molecule has 1 atom stereocenters. The quantitative estimate of drug-likeness (QED) is 0.470. The summed E-state index contributed by atoms with van der Waals surface area (Å²) in [7, 11) is 0. The highest BCUT2D eigenvalue weighted by Gasteiger charge is 2.21. The maximum atomic E-state index is 12.2. The normalized spacial score (nSPS) is 11.3. The van der Waals surface area contributed by atoms with Gasteiger partial charge in [-0.2, -0.15) is 0 Å². The minimum atomic E-state index is -1.10. The summed E-state index contributed by atoms with van der Waals surface area (Å²) >= 11 is 0. The average molecular weight is 414 g/mol. The van der Waals surface area contributed by atoms with E-state index in [2.05, 4.69) is 16.2 Å². The summed E-state index contributed by atoms with van der Waals surface area (Å²) < 4.78 is 5.33. The number of rotatable bonds is 7. The second-order valence-corrected chi connectivity index (χ2v) is 6.65.